The molecule has 0 aliphatic heterocycles. The Hall–Kier alpha value is -3.09. The van der Waals surface area contributed by atoms with Gasteiger partial charge in [0.1, 0.15) is 17.3 Å². The maximum Gasteiger partial charge on any atom is 0.344 e. The van der Waals surface area contributed by atoms with Crippen molar-refractivity contribution in [2.45, 2.75) is 34.3 Å². The Labute approximate surface area is 150 Å². The molecule has 0 bridgehead atoms. The van der Waals surface area contributed by atoms with Crippen LogP contribution in [0.4, 0.5) is 0 Å². The van der Waals surface area contributed by atoms with Gasteiger partial charge in [0.05, 0.1) is 5.56 Å². The van der Waals surface area contributed by atoms with Crippen molar-refractivity contribution in [3.63, 3.8) is 0 Å². The lowest BCUT2D eigenvalue weighted by atomic mass is 10.1. The van der Waals surface area contributed by atoms with Gasteiger partial charge in [-0.05, 0) is 57.0 Å². The number of benzene rings is 1. The molecular weight excluding hydrogens is 336 g/mol. The summed E-state index contributed by atoms with van der Waals surface area (Å²) in [5.41, 5.74) is 2.86. The van der Waals surface area contributed by atoms with Crippen LogP contribution in [0.15, 0.2) is 33.1 Å². The van der Waals surface area contributed by atoms with Crippen molar-refractivity contribution in [3.8, 4) is 17.2 Å². The summed E-state index contributed by atoms with van der Waals surface area (Å²) in [6.07, 6.45) is 0. The summed E-state index contributed by atoms with van der Waals surface area (Å²) in [4.78, 5) is 11.8. The van der Waals surface area contributed by atoms with E-state index in [0.29, 0.717) is 17.4 Å². The second kappa shape index (κ2) is 7.43. The lowest BCUT2D eigenvalue weighted by Crippen LogP contribution is -2.15. The molecule has 0 amide bonds. The van der Waals surface area contributed by atoms with Crippen molar-refractivity contribution in [3.05, 3.63) is 52.8 Å². The van der Waals surface area contributed by atoms with Gasteiger partial charge in [-0.15, -0.1) is 10.2 Å². The molecule has 2 heterocycles. The van der Waals surface area contributed by atoms with E-state index < -0.39 is 5.97 Å². The van der Waals surface area contributed by atoms with E-state index in [0.717, 1.165) is 22.5 Å². The lowest BCUT2D eigenvalue weighted by molar-refractivity contribution is -0.148. The zero-order valence-corrected chi connectivity index (χ0v) is 15.2. The summed E-state index contributed by atoms with van der Waals surface area (Å²) in [5.74, 6) is 2.10. The van der Waals surface area contributed by atoms with Gasteiger partial charge < -0.3 is 18.3 Å². The number of carbonyl (C=O) groups excluding carboxylic acids is 1. The van der Waals surface area contributed by atoms with Crippen LogP contribution >= 0.6 is 0 Å². The topological polar surface area (TPSA) is 87.6 Å². The highest BCUT2D eigenvalue weighted by Crippen LogP contribution is 2.25. The van der Waals surface area contributed by atoms with Gasteiger partial charge >= 0.3 is 5.97 Å². The van der Waals surface area contributed by atoms with Crippen LogP contribution in [0.25, 0.3) is 11.5 Å². The molecule has 0 spiro atoms. The second-order valence-electron chi connectivity index (χ2n) is 6.10. The van der Waals surface area contributed by atoms with Crippen molar-refractivity contribution in [2.75, 3.05) is 6.61 Å². The fourth-order valence-electron chi connectivity index (χ4n) is 2.61. The molecule has 2 aromatic heterocycles. The van der Waals surface area contributed by atoms with Crippen molar-refractivity contribution in [1.82, 2.24) is 10.2 Å². The van der Waals surface area contributed by atoms with Gasteiger partial charge in [-0.3, -0.25) is 0 Å². The molecular formula is C19H20N2O5. The summed E-state index contributed by atoms with van der Waals surface area (Å²) in [7, 11) is 0. The van der Waals surface area contributed by atoms with E-state index >= 15 is 0 Å². The molecule has 0 N–H and O–H groups in total. The van der Waals surface area contributed by atoms with E-state index in [4.69, 9.17) is 18.3 Å². The van der Waals surface area contributed by atoms with E-state index in [1.807, 2.05) is 52.0 Å². The number of ether oxygens (including phenoxy) is 2. The van der Waals surface area contributed by atoms with Crippen LogP contribution in [-0.2, 0) is 16.1 Å². The Morgan fingerprint density at radius 2 is 1.73 bits per heavy atom. The van der Waals surface area contributed by atoms with Gasteiger partial charge in [0.25, 0.3) is 11.8 Å². The largest absolute Gasteiger partial charge is 0.482 e. The molecule has 0 aliphatic rings. The summed E-state index contributed by atoms with van der Waals surface area (Å²) in [6, 6.07) is 7.57. The number of carbonyl (C=O) groups is 1. The SMILES string of the molecule is Cc1cc(C)cc(OCC(=O)OCc2nnc(-c3cc(C)oc3C)o2)c1. The van der Waals surface area contributed by atoms with E-state index in [-0.39, 0.29) is 19.1 Å². The van der Waals surface area contributed by atoms with Gasteiger partial charge in [-0.25, -0.2) is 4.79 Å². The summed E-state index contributed by atoms with van der Waals surface area (Å²) >= 11 is 0. The van der Waals surface area contributed by atoms with Gasteiger partial charge in [0.15, 0.2) is 13.2 Å². The molecule has 7 nitrogen and oxygen atoms in total. The van der Waals surface area contributed by atoms with Gasteiger partial charge in [-0.1, -0.05) is 6.07 Å². The highest BCUT2D eigenvalue weighted by Gasteiger charge is 2.15. The highest BCUT2D eigenvalue weighted by atomic mass is 16.6. The summed E-state index contributed by atoms with van der Waals surface area (Å²) in [5, 5.41) is 7.83. The number of hydrogen-bond acceptors (Lipinski definition) is 7. The Bertz CT molecular complexity index is 906. The highest BCUT2D eigenvalue weighted by molar-refractivity contribution is 5.71. The first-order chi connectivity index (χ1) is 12.4. The van der Waals surface area contributed by atoms with Gasteiger partial charge in [0.2, 0.25) is 0 Å². The third kappa shape index (κ3) is 4.30. The quantitative estimate of drug-likeness (QED) is 0.622. The molecule has 7 heteroatoms. The zero-order valence-electron chi connectivity index (χ0n) is 15.2. The molecule has 1 aromatic carbocycles. The molecule has 0 saturated carbocycles. The monoisotopic (exact) mass is 356 g/mol. The minimum Gasteiger partial charge on any atom is -0.482 e. The molecule has 0 radical (unpaired) electrons. The molecule has 26 heavy (non-hydrogen) atoms. The molecule has 3 rings (SSSR count). The van der Waals surface area contributed by atoms with E-state index in [2.05, 4.69) is 10.2 Å². The zero-order chi connectivity index (χ0) is 18.7. The van der Waals surface area contributed by atoms with Crippen molar-refractivity contribution in [1.29, 1.82) is 0 Å². The fourth-order valence-corrected chi connectivity index (χ4v) is 2.61. The Balaban J connectivity index is 1.52. The summed E-state index contributed by atoms with van der Waals surface area (Å²) < 4.78 is 21.5. The van der Waals surface area contributed by atoms with E-state index in [1.54, 1.807) is 0 Å². The number of rotatable bonds is 6. The van der Waals surface area contributed by atoms with Crippen LogP contribution in [0, 0.1) is 27.7 Å². The third-order valence-corrected chi connectivity index (χ3v) is 3.65. The van der Waals surface area contributed by atoms with Gasteiger partial charge in [-0.2, -0.15) is 0 Å². The predicted molar refractivity (Wildman–Crippen MR) is 92.7 cm³/mol. The number of aryl methyl sites for hydroxylation is 4. The molecule has 0 fully saturated rings. The number of aromatic nitrogens is 2. The average molecular weight is 356 g/mol. The second-order valence-corrected chi connectivity index (χ2v) is 6.10. The maximum atomic E-state index is 11.8. The fraction of sp³-hybridized carbons (Fsp3) is 0.316. The normalized spacial score (nSPS) is 10.8. The first-order valence-electron chi connectivity index (χ1n) is 8.17. The lowest BCUT2D eigenvalue weighted by Gasteiger charge is -2.07. The predicted octanol–water partition coefficient (Wildman–Crippen LogP) is 3.69. The van der Waals surface area contributed by atoms with Crippen molar-refractivity contribution >= 4 is 5.97 Å². The maximum absolute atomic E-state index is 11.8. The third-order valence-electron chi connectivity index (χ3n) is 3.65. The first kappa shape index (κ1) is 17.7. The van der Waals surface area contributed by atoms with Crippen molar-refractivity contribution in [2.24, 2.45) is 0 Å². The van der Waals surface area contributed by atoms with Crippen LogP contribution in [0.3, 0.4) is 0 Å². The molecule has 3 aromatic rings. The molecule has 0 saturated heterocycles. The van der Waals surface area contributed by atoms with Crippen LogP contribution in [0.5, 0.6) is 5.75 Å². The number of hydrogen-bond donors (Lipinski definition) is 0. The smallest absolute Gasteiger partial charge is 0.344 e. The number of esters is 1. The van der Waals surface area contributed by atoms with Crippen LogP contribution < -0.4 is 4.74 Å². The van der Waals surface area contributed by atoms with Gasteiger partial charge in [0, 0.05) is 0 Å². The minimum absolute atomic E-state index is 0.113. The molecule has 0 unspecified atom stereocenters. The number of nitrogens with zero attached hydrogens (tertiary/aromatic N) is 2. The van der Waals surface area contributed by atoms with E-state index in [1.165, 1.54) is 0 Å². The Kier molecular flexibility index (Phi) is 5.06. The summed E-state index contributed by atoms with van der Waals surface area (Å²) in [6.45, 7) is 7.28. The van der Waals surface area contributed by atoms with E-state index in [9.17, 15) is 4.79 Å². The molecule has 0 atom stereocenters. The number of furan rings is 1. The average Bonchev–Trinajstić information content (AvgIpc) is 3.16. The van der Waals surface area contributed by atoms with Crippen LogP contribution in [0.2, 0.25) is 0 Å². The molecule has 0 aliphatic carbocycles. The minimum atomic E-state index is -0.515. The molecule has 136 valence electrons. The van der Waals surface area contributed by atoms with Crippen LogP contribution in [0.1, 0.15) is 28.5 Å². The Morgan fingerprint density at radius 3 is 2.38 bits per heavy atom. The van der Waals surface area contributed by atoms with Crippen molar-refractivity contribution < 1.29 is 23.1 Å². The first-order valence-corrected chi connectivity index (χ1v) is 8.17. The Morgan fingerprint density at radius 1 is 1.00 bits per heavy atom. The van der Waals surface area contributed by atoms with Crippen LogP contribution in [-0.4, -0.2) is 22.8 Å². The standard InChI is InChI=1S/C19H20N2O5/c1-11-5-12(2)7-15(6-11)23-10-18(22)24-9-17-20-21-19(26-17)16-8-13(3)25-14(16)4/h5-8H,9-10H2,1-4H3.